The third-order valence-corrected chi connectivity index (χ3v) is 6.30. The Morgan fingerprint density at radius 3 is 2.47 bits per heavy atom. The molecule has 0 radical (unpaired) electrons. The highest BCUT2D eigenvalue weighted by Crippen LogP contribution is 2.37. The number of thiazole rings is 1. The second-order valence-electron chi connectivity index (χ2n) is 6.84. The molecule has 30 heavy (non-hydrogen) atoms. The number of carbonyl (C=O) groups excluding carboxylic acids is 2. The van der Waals surface area contributed by atoms with E-state index in [0.29, 0.717) is 26.7 Å². The summed E-state index contributed by atoms with van der Waals surface area (Å²) in [5.41, 5.74) is 7.97. The lowest BCUT2D eigenvalue weighted by Crippen LogP contribution is -2.20. The monoisotopic (exact) mass is 441 g/mol. The maximum absolute atomic E-state index is 12.5. The molecule has 0 aliphatic heterocycles. The summed E-state index contributed by atoms with van der Waals surface area (Å²) in [6.07, 6.45) is 0. The lowest BCUT2D eigenvalue weighted by molar-refractivity contribution is -0.118. The van der Waals surface area contributed by atoms with Gasteiger partial charge in [-0.1, -0.05) is 79.4 Å². The molecule has 1 heterocycles. The van der Waals surface area contributed by atoms with E-state index in [1.807, 2.05) is 54.6 Å². The minimum absolute atomic E-state index is 0.114. The van der Waals surface area contributed by atoms with Gasteiger partial charge < -0.3 is 15.8 Å². The van der Waals surface area contributed by atoms with E-state index < -0.39 is 5.91 Å². The van der Waals surface area contributed by atoms with Gasteiger partial charge in [-0.3, -0.25) is 9.59 Å². The highest BCUT2D eigenvalue weighted by atomic mass is 32.2. The van der Waals surface area contributed by atoms with Gasteiger partial charge in [0.05, 0.1) is 5.75 Å². The first-order valence-corrected chi connectivity index (χ1v) is 11.2. The topological polar surface area (TPSA) is 94.3 Å². The standard InChI is InChI=1S/C22H23N3O3S2/c1-14(2)15-8-10-17(11-9-15)28-12-19(27)24-21-20(16-6-4-3-5-7-16)25-22(30-21)29-13-18(23)26/h3-11,14H,12-13H2,1-2H3,(H2,23,26)(H,24,27). The molecule has 2 amide bonds. The zero-order valence-electron chi connectivity index (χ0n) is 16.8. The van der Waals surface area contributed by atoms with Crippen molar-refractivity contribution in [1.29, 1.82) is 0 Å². The highest BCUT2D eigenvalue weighted by Gasteiger charge is 2.16. The van der Waals surface area contributed by atoms with Crippen molar-refractivity contribution in [3.8, 4) is 17.0 Å². The van der Waals surface area contributed by atoms with Crippen LogP contribution in [0, 0.1) is 0 Å². The summed E-state index contributed by atoms with van der Waals surface area (Å²) in [4.78, 5) is 28.1. The van der Waals surface area contributed by atoms with Crippen LogP contribution in [0.5, 0.6) is 5.75 Å². The molecule has 3 N–H and O–H groups in total. The van der Waals surface area contributed by atoms with E-state index in [2.05, 4.69) is 24.1 Å². The predicted octanol–water partition coefficient (Wildman–Crippen LogP) is 4.53. The number of primary amides is 1. The first kappa shape index (κ1) is 21.9. The van der Waals surface area contributed by atoms with Gasteiger partial charge in [0.25, 0.3) is 5.91 Å². The second kappa shape index (κ2) is 10.3. The number of carbonyl (C=O) groups is 2. The zero-order chi connectivity index (χ0) is 21.5. The van der Waals surface area contributed by atoms with Gasteiger partial charge in [0.15, 0.2) is 10.9 Å². The zero-order valence-corrected chi connectivity index (χ0v) is 18.4. The van der Waals surface area contributed by atoms with Crippen molar-refractivity contribution in [3.63, 3.8) is 0 Å². The molecule has 0 bridgehead atoms. The van der Waals surface area contributed by atoms with E-state index in [9.17, 15) is 9.59 Å². The molecule has 0 saturated heterocycles. The van der Waals surface area contributed by atoms with E-state index >= 15 is 0 Å². The molecule has 2 aromatic carbocycles. The van der Waals surface area contributed by atoms with E-state index in [0.717, 1.165) is 5.56 Å². The van der Waals surface area contributed by atoms with Crippen molar-refractivity contribution in [2.24, 2.45) is 5.73 Å². The molecular formula is C22H23N3O3S2. The molecule has 0 aliphatic rings. The number of ether oxygens (including phenoxy) is 1. The molecule has 6 nitrogen and oxygen atoms in total. The van der Waals surface area contributed by atoms with Gasteiger partial charge in [-0.2, -0.15) is 0 Å². The lowest BCUT2D eigenvalue weighted by Gasteiger charge is -2.09. The van der Waals surface area contributed by atoms with Gasteiger partial charge in [-0.15, -0.1) is 0 Å². The molecule has 0 fully saturated rings. The maximum atomic E-state index is 12.5. The van der Waals surface area contributed by atoms with Crippen molar-refractivity contribution in [2.75, 3.05) is 17.7 Å². The van der Waals surface area contributed by atoms with Crippen molar-refractivity contribution >= 4 is 39.9 Å². The van der Waals surface area contributed by atoms with Crippen LogP contribution in [0.4, 0.5) is 5.00 Å². The Kier molecular flexibility index (Phi) is 7.48. The molecule has 1 aromatic heterocycles. The molecule has 0 aliphatic carbocycles. The van der Waals surface area contributed by atoms with Crippen LogP contribution >= 0.6 is 23.1 Å². The largest absolute Gasteiger partial charge is 0.484 e. The summed E-state index contributed by atoms with van der Waals surface area (Å²) in [6.45, 7) is 4.13. The average molecular weight is 442 g/mol. The average Bonchev–Trinajstić information content (AvgIpc) is 3.14. The first-order chi connectivity index (χ1) is 14.4. The fourth-order valence-corrected chi connectivity index (χ4v) is 4.45. The minimum Gasteiger partial charge on any atom is -0.484 e. The van der Waals surface area contributed by atoms with Gasteiger partial charge in [0.2, 0.25) is 5.91 Å². The van der Waals surface area contributed by atoms with Crippen LogP contribution in [0.1, 0.15) is 25.3 Å². The molecule has 156 valence electrons. The number of nitrogens with zero attached hydrogens (tertiary/aromatic N) is 1. The molecule has 0 unspecified atom stereocenters. The number of hydrogen-bond acceptors (Lipinski definition) is 6. The highest BCUT2D eigenvalue weighted by molar-refractivity contribution is 8.01. The molecule has 3 rings (SSSR count). The van der Waals surface area contributed by atoms with Crippen molar-refractivity contribution in [2.45, 2.75) is 24.1 Å². The summed E-state index contributed by atoms with van der Waals surface area (Å²) in [5, 5.41) is 3.49. The van der Waals surface area contributed by atoms with Gasteiger partial charge in [0.1, 0.15) is 16.4 Å². The van der Waals surface area contributed by atoms with E-state index in [-0.39, 0.29) is 18.3 Å². The number of aromatic nitrogens is 1. The van der Waals surface area contributed by atoms with Gasteiger partial charge in [0, 0.05) is 5.56 Å². The van der Waals surface area contributed by atoms with Crippen LogP contribution in [-0.4, -0.2) is 29.2 Å². The van der Waals surface area contributed by atoms with Crippen LogP contribution in [0.2, 0.25) is 0 Å². The summed E-state index contributed by atoms with van der Waals surface area (Å²) in [5.74, 6) is 0.505. The van der Waals surface area contributed by atoms with E-state index in [4.69, 9.17) is 10.5 Å². The molecule has 3 aromatic rings. The summed E-state index contributed by atoms with van der Waals surface area (Å²) in [6, 6.07) is 17.3. The van der Waals surface area contributed by atoms with Crippen molar-refractivity contribution < 1.29 is 14.3 Å². The number of anilines is 1. The Hall–Kier alpha value is -2.84. The quantitative estimate of drug-likeness (QED) is 0.476. The van der Waals surface area contributed by atoms with Crippen LogP contribution in [0.3, 0.4) is 0 Å². The third-order valence-electron chi connectivity index (χ3n) is 4.16. The SMILES string of the molecule is CC(C)c1ccc(OCC(=O)Nc2sc(SCC(N)=O)nc2-c2ccccc2)cc1. The van der Waals surface area contributed by atoms with E-state index in [1.165, 1.54) is 28.7 Å². The smallest absolute Gasteiger partial charge is 0.262 e. The van der Waals surface area contributed by atoms with Crippen LogP contribution in [0.15, 0.2) is 58.9 Å². The number of hydrogen-bond donors (Lipinski definition) is 2. The van der Waals surface area contributed by atoms with Crippen molar-refractivity contribution in [1.82, 2.24) is 4.98 Å². The van der Waals surface area contributed by atoms with Crippen LogP contribution in [0.25, 0.3) is 11.3 Å². The summed E-state index contributed by atoms with van der Waals surface area (Å²) < 4.78 is 6.27. The normalized spacial score (nSPS) is 10.8. The molecule has 0 atom stereocenters. The number of nitrogens with two attached hydrogens (primary N) is 1. The molecule has 0 saturated carbocycles. The second-order valence-corrected chi connectivity index (χ2v) is 9.06. The number of thioether (sulfide) groups is 1. The Bertz CT molecular complexity index is 1000. The summed E-state index contributed by atoms with van der Waals surface area (Å²) in [7, 11) is 0. The van der Waals surface area contributed by atoms with Gasteiger partial charge in [-0.05, 0) is 23.6 Å². The van der Waals surface area contributed by atoms with Crippen molar-refractivity contribution in [3.05, 3.63) is 60.2 Å². The molecular weight excluding hydrogens is 418 g/mol. The Morgan fingerprint density at radius 2 is 1.83 bits per heavy atom. The molecule has 8 heteroatoms. The fourth-order valence-electron chi connectivity index (χ4n) is 2.63. The summed E-state index contributed by atoms with van der Waals surface area (Å²) >= 11 is 2.56. The maximum Gasteiger partial charge on any atom is 0.262 e. The molecule has 0 spiro atoms. The number of rotatable bonds is 9. The number of nitrogens with one attached hydrogen (secondary N) is 1. The number of amides is 2. The van der Waals surface area contributed by atoms with Gasteiger partial charge >= 0.3 is 0 Å². The lowest BCUT2D eigenvalue weighted by atomic mass is 10.0. The first-order valence-electron chi connectivity index (χ1n) is 9.42. The Morgan fingerprint density at radius 1 is 1.13 bits per heavy atom. The van der Waals surface area contributed by atoms with Gasteiger partial charge in [-0.25, -0.2) is 4.98 Å². The Labute approximate surface area is 183 Å². The Balaban J connectivity index is 1.69. The predicted molar refractivity (Wildman–Crippen MR) is 122 cm³/mol. The minimum atomic E-state index is -0.418. The third kappa shape index (κ3) is 6.08. The van der Waals surface area contributed by atoms with Crippen LogP contribution in [-0.2, 0) is 9.59 Å². The number of benzene rings is 2. The van der Waals surface area contributed by atoms with E-state index in [1.54, 1.807) is 0 Å². The fraction of sp³-hybridized carbons (Fsp3) is 0.227. The van der Waals surface area contributed by atoms with Crippen LogP contribution < -0.4 is 15.8 Å².